The molecule has 124 valence electrons. The van der Waals surface area contributed by atoms with Gasteiger partial charge in [-0.3, -0.25) is 4.99 Å². The summed E-state index contributed by atoms with van der Waals surface area (Å²) < 4.78 is 5.37. The maximum absolute atomic E-state index is 5.37. The van der Waals surface area contributed by atoms with Crippen molar-refractivity contribution in [2.24, 2.45) is 4.99 Å². The van der Waals surface area contributed by atoms with Crippen LogP contribution in [-0.2, 0) is 6.42 Å². The molecule has 0 fully saturated rings. The van der Waals surface area contributed by atoms with Crippen LogP contribution in [-0.4, -0.2) is 57.7 Å². The van der Waals surface area contributed by atoms with Crippen LogP contribution < -0.4 is 15.4 Å². The number of hydrogen-bond acceptors (Lipinski definition) is 3. The maximum Gasteiger partial charge on any atom is 0.191 e. The molecule has 1 aromatic rings. The van der Waals surface area contributed by atoms with E-state index in [9.17, 15) is 0 Å². The van der Waals surface area contributed by atoms with Crippen LogP contribution in [0.2, 0.25) is 0 Å². The third kappa shape index (κ3) is 6.35. The number of guanidine groups is 1. The first-order chi connectivity index (χ1) is 10.7. The van der Waals surface area contributed by atoms with E-state index in [1.807, 2.05) is 18.2 Å². The molecular formula is C17H30N4O. The summed E-state index contributed by atoms with van der Waals surface area (Å²) in [5.41, 5.74) is 1.20. The molecule has 0 amide bonds. The van der Waals surface area contributed by atoms with Gasteiger partial charge < -0.3 is 20.3 Å². The van der Waals surface area contributed by atoms with E-state index in [0.717, 1.165) is 50.9 Å². The Balaban J connectivity index is 2.32. The zero-order valence-electron chi connectivity index (χ0n) is 14.4. The Hall–Kier alpha value is -1.75. The lowest BCUT2D eigenvalue weighted by molar-refractivity contribution is 0.308. The van der Waals surface area contributed by atoms with E-state index in [4.69, 9.17) is 4.74 Å². The Morgan fingerprint density at radius 3 is 2.45 bits per heavy atom. The number of hydrogen-bond donors (Lipinski definition) is 2. The highest BCUT2D eigenvalue weighted by Gasteiger charge is 2.03. The van der Waals surface area contributed by atoms with E-state index in [1.165, 1.54) is 5.56 Å². The van der Waals surface area contributed by atoms with E-state index >= 15 is 0 Å². The molecule has 0 bridgehead atoms. The number of ether oxygens (including phenoxy) is 1. The second-order valence-electron chi connectivity index (χ2n) is 5.01. The van der Waals surface area contributed by atoms with E-state index in [2.05, 4.69) is 40.4 Å². The van der Waals surface area contributed by atoms with Gasteiger partial charge in [-0.15, -0.1) is 0 Å². The molecule has 0 aromatic heterocycles. The fraction of sp³-hybridized carbons (Fsp3) is 0.588. The van der Waals surface area contributed by atoms with Gasteiger partial charge >= 0.3 is 0 Å². The Morgan fingerprint density at radius 2 is 1.82 bits per heavy atom. The van der Waals surface area contributed by atoms with Gasteiger partial charge in [0.15, 0.2) is 5.96 Å². The summed E-state index contributed by atoms with van der Waals surface area (Å²) in [7, 11) is 3.51. The van der Waals surface area contributed by atoms with Crippen LogP contribution >= 0.6 is 0 Å². The first kappa shape index (κ1) is 18.3. The number of nitrogens with one attached hydrogen (secondary N) is 2. The van der Waals surface area contributed by atoms with Crippen LogP contribution in [0.3, 0.4) is 0 Å². The van der Waals surface area contributed by atoms with Crippen molar-refractivity contribution in [3.8, 4) is 5.75 Å². The minimum absolute atomic E-state index is 0.825. The van der Waals surface area contributed by atoms with Gasteiger partial charge in [0.25, 0.3) is 0 Å². The van der Waals surface area contributed by atoms with E-state index in [1.54, 1.807) is 14.2 Å². The molecule has 0 atom stereocenters. The summed E-state index contributed by atoms with van der Waals surface area (Å²) in [5.74, 6) is 1.79. The first-order valence-corrected chi connectivity index (χ1v) is 8.03. The largest absolute Gasteiger partial charge is 0.496 e. The average Bonchev–Trinajstić information content (AvgIpc) is 2.57. The highest BCUT2D eigenvalue weighted by atomic mass is 16.5. The van der Waals surface area contributed by atoms with Crippen LogP contribution in [0.25, 0.3) is 0 Å². The van der Waals surface area contributed by atoms with Crippen LogP contribution in [0.15, 0.2) is 29.3 Å². The normalized spacial score (nSPS) is 11.6. The van der Waals surface area contributed by atoms with Crippen molar-refractivity contribution < 1.29 is 4.74 Å². The van der Waals surface area contributed by atoms with Gasteiger partial charge in [0.05, 0.1) is 7.11 Å². The number of rotatable bonds is 9. The van der Waals surface area contributed by atoms with Crippen molar-refractivity contribution in [2.75, 3.05) is 46.9 Å². The number of benzene rings is 1. The Labute approximate surface area is 134 Å². The van der Waals surface area contributed by atoms with Crippen molar-refractivity contribution in [1.82, 2.24) is 15.5 Å². The van der Waals surface area contributed by atoms with Gasteiger partial charge in [0, 0.05) is 26.7 Å². The van der Waals surface area contributed by atoms with Gasteiger partial charge in [-0.2, -0.15) is 0 Å². The molecule has 0 aliphatic carbocycles. The van der Waals surface area contributed by atoms with Crippen LogP contribution in [0.5, 0.6) is 5.75 Å². The maximum atomic E-state index is 5.37. The molecule has 0 saturated carbocycles. The fourth-order valence-electron chi connectivity index (χ4n) is 2.32. The molecule has 1 rings (SSSR count). The van der Waals surface area contributed by atoms with Crippen molar-refractivity contribution >= 4 is 5.96 Å². The molecule has 22 heavy (non-hydrogen) atoms. The summed E-state index contributed by atoms with van der Waals surface area (Å²) in [6.07, 6.45) is 0.904. The minimum atomic E-state index is 0.825. The molecule has 0 radical (unpaired) electrons. The summed E-state index contributed by atoms with van der Waals surface area (Å²) in [4.78, 5) is 6.64. The number of para-hydroxylation sites is 1. The van der Waals surface area contributed by atoms with Crippen LogP contribution in [0.1, 0.15) is 19.4 Å². The smallest absolute Gasteiger partial charge is 0.191 e. The molecule has 0 aliphatic rings. The molecule has 0 spiro atoms. The zero-order valence-corrected chi connectivity index (χ0v) is 14.4. The monoisotopic (exact) mass is 306 g/mol. The topological polar surface area (TPSA) is 48.9 Å². The number of likely N-dealkylation sites (N-methyl/N-ethyl adjacent to an activating group) is 1. The van der Waals surface area contributed by atoms with E-state index in [0.29, 0.717) is 0 Å². The summed E-state index contributed by atoms with van der Waals surface area (Å²) in [6.45, 7) is 9.28. The van der Waals surface area contributed by atoms with Gasteiger partial charge in [-0.25, -0.2) is 0 Å². The lowest BCUT2D eigenvalue weighted by Gasteiger charge is -2.19. The summed E-state index contributed by atoms with van der Waals surface area (Å²) in [5, 5.41) is 6.69. The van der Waals surface area contributed by atoms with Crippen molar-refractivity contribution in [3.05, 3.63) is 29.8 Å². The highest BCUT2D eigenvalue weighted by Crippen LogP contribution is 2.17. The van der Waals surface area contributed by atoms with Crippen molar-refractivity contribution in [1.29, 1.82) is 0 Å². The van der Waals surface area contributed by atoms with Crippen LogP contribution in [0, 0.1) is 0 Å². The Kier molecular flexibility index (Phi) is 9.07. The minimum Gasteiger partial charge on any atom is -0.496 e. The zero-order chi connectivity index (χ0) is 16.2. The molecule has 0 saturated heterocycles. The standard InChI is InChI=1S/C17H30N4O/c1-5-21(6-2)14-13-20-17(18-3)19-12-11-15-9-7-8-10-16(15)22-4/h7-10H,5-6,11-14H2,1-4H3,(H2,18,19,20). The lowest BCUT2D eigenvalue weighted by Crippen LogP contribution is -2.42. The molecule has 2 N–H and O–H groups in total. The molecule has 5 heteroatoms. The molecule has 1 aromatic carbocycles. The molecule has 0 aliphatic heterocycles. The molecule has 5 nitrogen and oxygen atoms in total. The predicted molar refractivity (Wildman–Crippen MR) is 93.9 cm³/mol. The molecule has 0 unspecified atom stereocenters. The second-order valence-corrected chi connectivity index (χ2v) is 5.01. The lowest BCUT2D eigenvalue weighted by atomic mass is 10.1. The van der Waals surface area contributed by atoms with Gasteiger partial charge in [0.2, 0.25) is 0 Å². The number of nitrogens with zero attached hydrogens (tertiary/aromatic N) is 2. The average molecular weight is 306 g/mol. The van der Waals surface area contributed by atoms with Gasteiger partial charge in [-0.05, 0) is 31.1 Å². The third-order valence-electron chi connectivity index (χ3n) is 3.72. The number of methoxy groups -OCH3 is 1. The number of aliphatic imine (C=N–C) groups is 1. The van der Waals surface area contributed by atoms with Crippen LogP contribution in [0.4, 0.5) is 0 Å². The summed E-state index contributed by atoms with van der Waals surface area (Å²) in [6, 6.07) is 8.11. The Morgan fingerprint density at radius 1 is 1.14 bits per heavy atom. The SMILES string of the molecule is CCN(CC)CCNC(=NC)NCCc1ccccc1OC. The third-order valence-corrected chi connectivity index (χ3v) is 3.72. The highest BCUT2D eigenvalue weighted by molar-refractivity contribution is 5.79. The fourth-order valence-corrected chi connectivity index (χ4v) is 2.32. The van der Waals surface area contributed by atoms with E-state index < -0.39 is 0 Å². The summed E-state index contributed by atoms with van der Waals surface area (Å²) >= 11 is 0. The first-order valence-electron chi connectivity index (χ1n) is 8.03. The second kappa shape index (κ2) is 10.9. The quantitative estimate of drug-likeness (QED) is 0.539. The van der Waals surface area contributed by atoms with Crippen molar-refractivity contribution in [3.63, 3.8) is 0 Å². The predicted octanol–water partition coefficient (Wildman–Crippen LogP) is 1.74. The molecular weight excluding hydrogens is 276 g/mol. The van der Waals surface area contributed by atoms with E-state index in [-0.39, 0.29) is 0 Å². The molecule has 0 heterocycles. The Bertz CT molecular complexity index is 444. The van der Waals surface area contributed by atoms with Crippen molar-refractivity contribution in [2.45, 2.75) is 20.3 Å². The van der Waals surface area contributed by atoms with Gasteiger partial charge in [0.1, 0.15) is 5.75 Å². The van der Waals surface area contributed by atoms with Gasteiger partial charge in [-0.1, -0.05) is 32.0 Å².